The molecule has 0 bridgehead atoms. The lowest BCUT2D eigenvalue weighted by Crippen LogP contribution is -2.37. The Morgan fingerprint density at radius 3 is 2.53 bits per heavy atom. The van der Waals surface area contributed by atoms with E-state index in [9.17, 15) is 4.79 Å². The molecule has 2 aliphatic rings. The Morgan fingerprint density at radius 1 is 1.47 bits per heavy atom. The van der Waals surface area contributed by atoms with Crippen LogP contribution in [-0.2, 0) is 4.74 Å². The van der Waals surface area contributed by atoms with Crippen molar-refractivity contribution >= 4 is 6.09 Å². The van der Waals surface area contributed by atoms with Gasteiger partial charge in [-0.2, -0.15) is 0 Å². The number of hydrogen-bond acceptors (Lipinski definition) is 3. The average Bonchev–Trinajstić information content (AvgIpc) is 2.67. The second kappa shape index (κ2) is 4.11. The fraction of sp³-hybridized carbons (Fsp3) is 0.909. The first-order chi connectivity index (χ1) is 7.92. The van der Waals surface area contributed by atoms with Crippen LogP contribution in [0.4, 0.5) is 4.79 Å². The Kier molecular flexibility index (Phi) is 2.91. The van der Waals surface area contributed by atoms with Crippen molar-refractivity contribution in [3.8, 4) is 0 Å². The molecular formula is C11H18N4O2. The molecule has 1 saturated carbocycles. The third-order valence-corrected chi connectivity index (χ3v) is 3.38. The largest absolute Gasteiger partial charge is 0.444 e. The van der Waals surface area contributed by atoms with Crippen molar-refractivity contribution in [2.24, 2.45) is 22.9 Å². The maximum atomic E-state index is 11.8. The number of azide groups is 1. The van der Waals surface area contributed by atoms with Crippen LogP contribution in [0.3, 0.4) is 0 Å². The normalized spacial score (nSPS) is 30.5. The van der Waals surface area contributed by atoms with Crippen molar-refractivity contribution in [2.75, 3.05) is 19.6 Å². The molecule has 0 radical (unpaired) electrons. The van der Waals surface area contributed by atoms with Crippen LogP contribution in [0.25, 0.3) is 10.4 Å². The summed E-state index contributed by atoms with van der Waals surface area (Å²) >= 11 is 0. The number of nitrogens with zero attached hydrogens (tertiary/aromatic N) is 4. The van der Waals surface area contributed by atoms with E-state index in [1.807, 2.05) is 20.8 Å². The Labute approximate surface area is 101 Å². The zero-order chi connectivity index (χ0) is 12.6. The molecule has 1 saturated heterocycles. The minimum atomic E-state index is -0.436. The van der Waals surface area contributed by atoms with Crippen LogP contribution in [0.1, 0.15) is 20.8 Å². The van der Waals surface area contributed by atoms with Gasteiger partial charge in [-0.1, -0.05) is 5.11 Å². The number of fused-ring (bicyclic) bond motifs is 1. The molecule has 0 aromatic heterocycles. The highest BCUT2D eigenvalue weighted by molar-refractivity contribution is 5.69. The summed E-state index contributed by atoms with van der Waals surface area (Å²) in [6.45, 7) is 7.65. The van der Waals surface area contributed by atoms with Crippen LogP contribution in [0.2, 0.25) is 0 Å². The van der Waals surface area contributed by atoms with E-state index in [-0.39, 0.29) is 6.09 Å². The maximum Gasteiger partial charge on any atom is 0.410 e. The second-order valence-electron chi connectivity index (χ2n) is 5.79. The fourth-order valence-corrected chi connectivity index (χ4v) is 2.53. The van der Waals surface area contributed by atoms with Crippen LogP contribution >= 0.6 is 0 Å². The monoisotopic (exact) mass is 238 g/mol. The number of carbonyl (C=O) groups excluding carboxylic acids is 1. The molecule has 0 aromatic carbocycles. The average molecular weight is 238 g/mol. The number of hydrogen-bond donors (Lipinski definition) is 0. The molecule has 0 N–H and O–H groups in total. The molecule has 0 spiro atoms. The highest BCUT2D eigenvalue weighted by Crippen LogP contribution is 2.51. The summed E-state index contributed by atoms with van der Waals surface area (Å²) in [5, 5.41) is 3.59. The summed E-state index contributed by atoms with van der Waals surface area (Å²) in [6.07, 6.45) is -0.229. The summed E-state index contributed by atoms with van der Waals surface area (Å²) in [4.78, 5) is 16.3. The molecular weight excluding hydrogens is 220 g/mol. The van der Waals surface area contributed by atoms with Crippen LogP contribution in [-0.4, -0.2) is 36.2 Å². The van der Waals surface area contributed by atoms with Crippen LogP contribution in [0, 0.1) is 17.8 Å². The van der Waals surface area contributed by atoms with Crippen molar-refractivity contribution in [1.82, 2.24) is 4.90 Å². The third kappa shape index (κ3) is 2.64. The van der Waals surface area contributed by atoms with Crippen LogP contribution in [0.5, 0.6) is 0 Å². The van der Waals surface area contributed by atoms with Gasteiger partial charge < -0.3 is 9.64 Å². The van der Waals surface area contributed by atoms with E-state index in [1.165, 1.54) is 0 Å². The van der Waals surface area contributed by atoms with Crippen LogP contribution < -0.4 is 0 Å². The molecule has 6 heteroatoms. The van der Waals surface area contributed by atoms with Gasteiger partial charge in [0.1, 0.15) is 5.60 Å². The van der Waals surface area contributed by atoms with E-state index in [2.05, 4.69) is 10.0 Å². The lowest BCUT2D eigenvalue weighted by molar-refractivity contribution is 0.0266. The molecule has 1 amide bonds. The molecule has 1 aliphatic carbocycles. The maximum absolute atomic E-state index is 11.8. The zero-order valence-corrected chi connectivity index (χ0v) is 10.5. The van der Waals surface area contributed by atoms with E-state index in [4.69, 9.17) is 10.3 Å². The Morgan fingerprint density at radius 2 is 2.06 bits per heavy atom. The highest BCUT2D eigenvalue weighted by atomic mass is 16.6. The van der Waals surface area contributed by atoms with Gasteiger partial charge in [-0.25, -0.2) is 4.79 Å². The molecule has 1 aliphatic heterocycles. The van der Waals surface area contributed by atoms with Crippen molar-refractivity contribution in [3.63, 3.8) is 0 Å². The first kappa shape index (κ1) is 12.0. The van der Waals surface area contributed by atoms with Gasteiger partial charge in [0.15, 0.2) is 0 Å². The Hall–Kier alpha value is -1.42. The first-order valence-electron chi connectivity index (χ1n) is 5.91. The summed E-state index contributed by atoms with van der Waals surface area (Å²) in [7, 11) is 0. The molecule has 0 aromatic rings. The van der Waals surface area contributed by atoms with E-state index in [0.29, 0.717) is 24.3 Å². The van der Waals surface area contributed by atoms with Gasteiger partial charge in [-0.15, -0.1) is 0 Å². The Bertz CT molecular complexity index is 358. The third-order valence-electron chi connectivity index (χ3n) is 3.38. The predicted molar refractivity (Wildman–Crippen MR) is 62.3 cm³/mol. The van der Waals surface area contributed by atoms with E-state index in [0.717, 1.165) is 13.1 Å². The number of amides is 1. The Balaban J connectivity index is 1.79. The molecule has 17 heavy (non-hydrogen) atoms. The lowest BCUT2D eigenvalue weighted by atomic mass is 10.2. The van der Waals surface area contributed by atoms with E-state index in [1.54, 1.807) is 4.90 Å². The van der Waals surface area contributed by atoms with E-state index >= 15 is 0 Å². The number of piperidine rings is 1. The van der Waals surface area contributed by atoms with Crippen molar-refractivity contribution in [1.29, 1.82) is 0 Å². The quantitative estimate of drug-likeness (QED) is 0.420. The molecule has 1 heterocycles. The molecule has 6 nitrogen and oxygen atoms in total. The number of ether oxygens (including phenoxy) is 1. The number of rotatable bonds is 2. The van der Waals surface area contributed by atoms with Crippen molar-refractivity contribution in [2.45, 2.75) is 26.4 Å². The smallest absolute Gasteiger partial charge is 0.410 e. The standard InChI is InChI=1S/C11H18N4O2/c1-11(2,3)17-10(16)15-5-8-7(4-13-14-12)9(8)6-15/h7-9H,4-6H2,1-3H3/t7?,8-,9?/m1/s1. The van der Waals surface area contributed by atoms with Gasteiger partial charge in [0.2, 0.25) is 0 Å². The van der Waals surface area contributed by atoms with Gasteiger partial charge >= 0.3 is 6.09 Å². The molecule has 2 rings (SSSR count). The van der Waals surface area contributed by atoms with Gasteiger partial charge in [-0.3, -0.25) is 0 Å². The summed E-state index contributed by atoms with van der Waals surface area (Å²) in [6, 6.07) is 0. The van der Waals surface area contributed by atoms with Crippen molar-refractivity contribution in [3.05, 3.63) is 10.4 Å². The fourth-order valence-electron chi connectivity index (χ4n) is 2.53. The highest BCUT2D eigenvalue weighted by Gasteiger charge is 2.56. The van der Waals surface area contributed by atoms with Crippen molar-refractivity contribution < 1.29 is 9.53 Å². The molecule has 3 atom stereocenters. The minimum Gasteiger partial charge on any atom is -0.444 e. The predicted octanol–water partition coefficient (Wildman–Crippen LogP) is 2.41. The number of carbonyl (C=O) groups is 1. The number of likely N-dealkylation sites (tertiary alicyclic amines) is 1. The van der Waals surface area contributed by atoms with Gasteiger partial charge in [0, 0.05) is 24.5 Å². The summed E-state index contributed by atoms with van der Waals surface area (Å²) in [5.41, 5.74) is 7.81. The minimum absolute atomic E-state index is 0.229. The summed E-state index contributed by atoms with van der Waals surface area (Å²) < 4.78 is 5.31. The van der Waals surface area contributed by atoms with Gasteiger partial charge in [0.25, 0.3) is 0 Å². The van der Waals surface area contributed by atoms with Gasteiger partial charge in [-0.05, 0) is 44.1 Å². The molecule has 2 fully saturated rings. The SMILES string of the molecule is CC(C)(C)OC(=O)N1CC2C(CN=[N+]=[N-])[C@H]2C1. The summed E-state index contributed by atoms with van der Waals surface area (Å²) in [5.74, 6) is 1.49. The first-order valence-corrected chi connectivity index (χ1v) is 5.91. The van der Waals surface area contributed by atoms with Gasteiger partial charge in [0.05, 0.1) is 0 Å². The topological polar surface area (TPSA) is 78.3 Å². The lowest BCUT2D eigenvalue weighted by Gasteiger charge is -2.25. The van der Waals surface area contributed by atoms with Crippen LogP contribution in [0.15, 0.2) is 5.11 Å². The van der Waals surface area contributed by atoms with E-state index < -0.39 is 5.60 Å². The molecule has 94 valence electrons. The zero-order valence-electron chi connectivity index (χ0n) is 10.5. The second-order valence-corrected chi connectivity index (χ2v) is 5.79. The molecule has 2 unspecified atom stereocenters.